The van der Waals surface area contributed by atoms with Crippen LogP contribution >= 0.6 is 11.6 Å². The SMILES string of the molecule is CC(C)(CCl)C(=O)N1CCCC2(C1)OCCO2. The Morgan fingerprint density at radius 3 is 2.65 bits per heavy atom. The van der Waals surface area contributed by atoms with Gasteiger partial charge in [0.1, 0.15) is 0 Å². The van der Waals surface area contributed by atoms with E-state index in [1.54, 1.807) is 0 Å². The number of likely N-dealkylation sites (tertiary alicyclic amines) is 1. The minimum absolute atomic E-state index is 0.0886. The molecule has 0 saturated carbocycles. The monoisotopic (exact) mass is 261 g/mol. The first-order chi connectivity index (χ1) is 7.99. The normalized spacial score (nSPS) is 24.3. The van der Waals surface area contributed by atoms with E-state index in [9.17, 15) is 4.79 Å². The van der Waals surface area contributed by atoms with Crippen LogP contribution in [0.3, 0.4) is 0 Å². The van der Waals surface area contributed by atoms with Crippen LogP contribution in [0.15, 0.2) is 0 Å². The molecule has 0 aromatic rings. The number of amides is 1. The molecule has 5 heteroatoms. The Hall–Kier alpha value is -0.320. The number of hydrogen-bond acceptors (Lipinski definition) is 3. The maximum absolute atomic E-state index is 12.3. The van der Waals surface area contributed by atoms with E-state index in [-0.39, 0.29) is 5.91 Å². The number of ether oxygens (including phenoxy) is 2. The Bertz CT molecular complexity index is 300. The van der Waals surface area contributed by atoms with Gasteiger partial charge in [0.05, 0.1) is 25.2 Å². The molecule has 0 radical (unpaired) electrons. The second kappa shape index (κ2) is 4.75. The Morgan fingerprint density at radius 1 is 1.41 bits per heavy atom. The van der Waals surface area contributed by atoms with Crippen LogP contribution < -0.4 is 0 Å². The lowest BCUT2D eigenvalue weighted by atomic mass is 9.92. The highest BCUT2D eigenvalue weighted by molar-refractivity contribution is 6.19. The number of rotatable bonds is 2. The third-order valence-corrected chi connectivity index (χ3v) is 4.10. The number of nitrogens with zero attached hydrogens (tertiary/aromatic N) is 1. The number of carbonyl (C=O) groups is 1. The van der Waals surface area contributed by atoms with Crippen molar-refractivity contribution in [2.45, 2.75) is 32.5 Å². The zero-order chi connectivity index (χ0) is 12.5. The zero-order valence-electron chi connectivity index (χ0n) is 10.5. The standard InChI is InChI=1S/C12H20ClNO3/c1-11(2,8-13)10(15)14-5-3-4-12(9-14)16-6-7-17-12/h3-9H2,1-2H3. The first kappa shape index (κ1) is 13.1. The van der Waals surface area contributed by atoms with Gasteiger partial charge in [-0.3, -0.25) is 4.79 Å². The molecule has 1 spiro atoms. The molecule has 2 heterocycles. The summed E-state index contributed by atoms with van der Waals surface area (Å²) in [6.07, 6.45) is 1.79. The van der Waals surface area contributed by atoms with Crippen LogP contribution in [0, 0.1) is 5.41 Å². The summed E-state index contributed by atoms with van der Waals surface area (Å²) in [5, 5.41) is 0. The third-order valence-electron chi connectivity index (χ3n) is 3.43. The summed E-state index contributed by atoms with van der Waals surface area (Å²) in [6, 6.07) is 0. The molecule has 0 unspecified atom stereocenters. The molecule has 4 nitrogen and oxygen atoms in total. The van der Waals surface area contributed by atoms with Crippen molar-refractivity contribution in [3.63, 3.8) is 0 Å². The Labute approximate surface area is 107 Å². The van der Waals surface area contributed by atoms with Crippen LogP contribution in [0.1, 0.15) is 26.7 Å². The fourth-order valence-electron chi connectivity index (χ4n) is 2.38. The van der Waals surface area contributed by atoms with Crippen molar-refractivity contribution in [1.29, 1.82) is 0 Å². The molecule has 2 saturated heterocycles. The average molecular weight is 262 g/mol. The van der Waals surface area contributed by atoms with Gasteiger partial charge in [-0.2, -0.15) is 0 Å². The predicted octanol–water partition coefficient (Wildman–Crippen LogP) is 1.62. The van der Waals surface area contributed by atoms with E-state index in [1.165, 1.54) is 0 Å². The van der Waals surface area contributed by atoms with Crippen LogP contribution in [-0.2, 0) is 14.3 Å². The summed E-state index contributed by atoms with van der Waals surface area (Å²) in [5.74, 6) is -0.126. The Kier molecular flexibility index (Phi) is 3.66. The van der Waals surface area contributed by atoms with Gasteiger partial charge < -0.3 is 14.4 Å². The van der Waals surface area contributed by atoms with Crippen LogP contribution in [0.25, 0.3) is 0 Å². The maximum Gasteiger partial charge on any atom is 0.229 e. The highest BCUT2D eigenvalue weighted by Crippen LogP contribution is 2.32. The Balaban J connectivity index is 2.04. The largest absolute Gasteiger partial charge is 0.346 e. The van der Waals surface area contributed by atoms with Gasteiger partial charge >= 0.3 is 0 Å². The molecule has 17 heavy (non-hydrogen) atoms. The van der Waals surface area contributed by atoms with E-state index in [1.807, 2.05) is 18.7 Å². The van der Waals surface area contributed by atoms with Crippen molar-refractivity contribution in [2.75, 3.05) is 32.2 Å². The lowest BCUT2D eigenvalue weighted by molar-refractivity contribution is -0.195. The molecule has 2 fully saturated rings. The number of alkyl halides is 1. The molecular weight excluding hydrogens is 242 g/mol. The summed E-state index contributed by atoms with van der Waals surface area (Å²) in [5.41, 5.74) is -0.515. The topological polar surface area (TPSA) is 38.8 Å². The highest BCUT2D eigenvalue weighted by Gasteiger charge is 2.44. The zero-order valence-corrected chi connectivity index (χ0v) is 11.3. The van der Waals surface area contributed by atoms with E-state index in [0.29, 0.717) is 25.6 Å². The van der Waals surface area contributed by atoms with E-state index >= 15 is 0 Å². The first-order valence-electron chi connectivity index (χ1n) is 6.12. The summed E-state index contributed by atoms with van der Waals surface area (Å²) in [4.78, 5) is 14.2. The van der Waals surface area contributed by atoms with Crippen molar-refractivity contribution < 1.29 is 14.3 Å². The second-order valence-corrected chi connectivity index (χ2v) is 5.72. The number of hydrogen-bond donors (Lipinski definition) is 0. The van der Waals surface area contributed by atoms with E-state index in [0.717, 1.165) is 19.4 Å². The molecule has 0 atom stereocenters. The number of piperidine rings is 1. The number of carbonyl (C=O) groups excluding carboxylic acids is 1. The fraction of sp³-hybridized carbons (Fsp3) is 0.917. The fourth-order valence-corrected chi connectivity index (χ4v) is 2.49. The van der Waals surface area contributed by atoms with Crippen molar-refractivity contribution in [2.24, 2.45) is 5.41 Å². The molecule has 2 aliphatic heterocycles. The molecule has 2 rings (SSSR count). The molecule has 0 aromatic heterocycles. The van der Waals surface area contributed by atoms with E-state index in [2.05, 4.69) is 0 Å². The van der Waals surface area contributed by atoms with Gasteiger partial charge in [-0.1, -0.05) is 0 Å². The predicted molar refractivity (Wildman–Crippen MR) is 65.0 cm³/mol. The van der Waals surface area contributed by atoms with Crippen molar-refractivity contribution in [3.05, 3.63) is 0 Å². The van der Waals surface area contributed by atoms with Crippen LogP contribution in [-0.4, -0.2) is 48.8 Å². The van der Waals surface area contributed by atoms with Gasteiger partial charge in [0.25, 0.3) is 0 Å². The smallest absolute Gasteiger partial charge is 0.229 e. The minimum Gasteiger partial charge on any atom is -0.346 e. The van der Waals surface area contributed by atoms with Gasteiger partial charge in [0, 0.05) is 18.8 Å². The highest BCUT2D eigenvalue weighted by atomic mass is 35.5. The van der Waals surface area contributed by atoms with Gasteiger partial charge in [0.2, 0.25) is 5.91 Å². The summed E-state index contributed by atoms with van der Waals surface area (Å²) < 4.78 is 11.3. The molecular formula is C12H20ClNO3. The first-order valence-corrected chi connectivity index (χ1v) is 6.66. The van der Waals surface area contributed by atoms with E-state index in [4.69, 9.17) is 21.1 Å². The van der Waals surface area contributed by atoms with Crippen LogP contribution in [0.2, 0.25) is 0 Å². The lowest BCUT2D eigenvalue weighted by Crippen LogP contribution is -2.54. The molecule has 0 N–H and O–H groups in total. The number of halogens is 1. The summed E-state index contributed by atoms with van der Waals surface area (Å²) in [7, 11) is 0. The van der Waals surface area contributed by atoms with Gasteiger partial charge in [-0.25, -0.2) is 0 Å². The van der Waals surface area contributed by atoms with Crippen molar-refractivity contribution >= 4 is 17.5 Å². The molecule has 0 aromatic carbocycles. The lowest BCUT2D eigenvalue weighted by Gasteiger charge is -2.41. The second-order valence-electron chi connectivity index (χ2n) is 5.46. The van der Waals surface area contributed by atoms with Gasteiger partial charge in [-0.05, 0) is 20.3 Å². The van der Waals surface area contributed by atoms with Crippen LogP contribution in [0.4, 0.5) is 0 Å². The molecule has 0 bridgehead atoms. The van der Waals surface area contributed by atoms with Gasteiger partial charge in [-0.15, -0.1) is 11.6 Å². The van der Waals surface area contributed by atoms with Gasteiger partial charge in [0.15, 0.2) is 5.79 Å². The Morgan fingerprint density at radius 2 is 2.06 bits per heavy atom. The van der Waals surface area contributed by atoms with Crippen LogP contribution in [0.5, 0.6) is 0 Å². The maximum atomic E-state index is 12.3. The molecule has 98 valence electrons. The quantitative estimate of drug-likeness (QED) is 0.709. The summed E-state index contributed by atoms with van der Waals surface area (Å²) in [6.45, 7) is 6.31. The molecule has 0 aliphatic carbocycles. The average Bonchev–Trinajstić information content (AvgIpc) is 2.76. The molecule has 1 amide bonds. The van der Waals surface area contributed by atoms with Crippen molar-refractivity contribution in [1.82, 2.24) is 4.90 Å². The van der Waals surface area contributed by atoms with E-state index < -0.39 is 11.2 Å². The summed E-state index contributed by atoms with van der Waals surface area (Å²) >= 11 is 5.85. The third kappa shape index (κ3) is 2.59. The molecule has 2 aliphatic rings. The minimum atomic E-state index is -0.545. The van der Waals surface area contributed by atoms with Crippen molar-refractivity contribution in [3.8, 4) is 0 Å².